The Balaban J connectivity index is 1.26. The van der Waals surface area contributed by atoms with Crippen molar-refractivity contribution in [3.63, 3.8) is 0 Å². The standard InChI is InChI=1S/C49H36N2/c50-41-25-31-45-46-32-30-44(34-48(46)49(47(45)33-41,39-17-9-3-10-18-39)40-19-11-4-12-20-40)51(42-26-21-37(22-27-42)35-13-5-1-6-14-35)43-28-23-38(24-29-43)36-15-7-2-8-16-36/h1-34H,50H2. The van der Waals surface area contributed by atoms with E-state index < -0.39 is 5.41 Å². The second-order valence-corrected chi connectivity index (χ2v) is 13.2. The van der Waals surface area contributed by atoms with Crippen LogP contribution in [0.3, 0.4) is 0 Å². The molecule has 0 aromatic heterocycles. The predicted molar refractivity (Wildman–Crippen MR) is 214 cm³/mol. The van der Waals surface area contributed by atoms with Crippen LogP contribution in [0.5, 0.6) is 0 Å². The van der Waals surface area contributed by atoms with Crippen LogP contribution in [0.25, 0.3) is 33.4 Å². The lowest BCUT2D eigenvalue weighted by atomic mass is 9.67. The highest BCUT2D eigenvalue weighted by molar-refractivity contribution is 5.90. The number of nitrogen functional groups attached to an aromatic ring is 1. The first-order valence-electron chi connectivity index (χ1n) is 17.5. The molecule has 8 aromatic carbocycles. The van der Waals surface area contributed by atoms with Crippen LogP contribution in [-0.4, -0.2) is 0 Å². The molecule has 0 spiro atoms. The zero-order chi connectivity index (χ0) is 34.2. The van der Waals surface area contributed by atoms with Crippen molar-refractivity contribution in [2.75, 3.05) is 10.6 Å². The molecule has 9 rings (SSSR count). The van der Waals surface area contributed by atoms with E-state index in [-0.39, 0.29) is 0 Å². The van der Waals surface area contributed by atoms with Crippen molar-refractivity contribution in [3.8, 4) is 33.4 Å². The summed E-state index contributed by atoms with van der Waals surface area (Å²) in [4.78, 5) is 2.38. The highest BCUT2D eigenvalue weighted by Crippen LogP contribution is 2.57. The smallest absolute Gasteiger partial charge is 0.0715 e. The molecule has 0 radical (unpaired) electrons. The van der Waals surface area contributed by atoms with Gasteiger partial charge in [0, 0.05) is 22.7 Å². The molecule has 1 aliphatic carbocycles. The van der Waals surface area contributed by atoms with Crippen molar-refractivity contribution in [1.29, 1.82) is 0 Å². The first-order chi connectivity index (χ1) is 25.2. The molecular weight excluding hydrogens is 617 g/mol. The summed E-state index contributed by atoms with van der Waals surface area (Å²) < 4.78 is 0. The lowest BCUT2D eigenvalue weighted by molar-refractivity contribution is 0.769. The van der Waals surface area contributed by atoms with Gasteiger partial charge in [-0.05, 0) is 104 Å². The first kappa shape index (κ1) is 30.4. The third-order valence-corrected chi connectivity index (χ3v) is 10.3. The van der Waals surface area contributed by atoms with Crippen LogP contribution in [0.1, 0.15) is 22.3 Å². The van der Waals surface area contributed by atoms with Gasteiger partial charge in [-0.15, -0.1) is 0 Å². The maximum atomic E-state index is 6.57. The van der Waals surface area contributed by atoms with Crippen molar-refractivity contribution in [2.24, 2.45) is 0 Å². The SMILES string of the molecule is Nc1ccc2c(c1)C(c1ccccc1)(c1ccccc1)c1cc(N(c3ccc(-c4ccccc4)cc3)c3ccc(-c4ccccc4)cc3)ccc1-2. The quantitative estimate of drug-likeness (QED) is 0.174. The zero-order valence-corrected chi connectivity index (χ0v) is 28.2. The predicted octanol–water partition coefficient (Wildman–Crippen LogP) is 12.4. The van der Waals surface area contributed by atoms with Gasteiger partial charge in [0.25, 0.3) is 0 Å². The van der Waals surface area contributed by atoms with Crippen LogP contribution in [0, 0.1) is 0 Å². The van der Waals surface area contributed by atoms with Gasteiger partial charge in [-0.25, -0.2) is 0 Å². The van der Waals surface area contributed by atoms with Gasteiger partial charge in [-0.1, -0.05) is 158 Å². The van der Waals surface area contributed by atoms with E-state index in [2.05, 4.69) is 205 Å². The van der Waals surface area contributed by atoms with Gasteiger partial charge in [0.15, 0.2) is 0 Å². The Hall–Kier alpha value is -6.64. The maximum absolute atomic E-state index is 6.57. The molecule has 51 heavy (non-hydrogen) atoms. The third kappa shape index (κ3) is 5.21. The van der Waals surface area contributed by atoms with Crippen LogP contribution in [0.15, 0.2) is 206 Å². The van der Waals surface area contributed by atoms with Gasteiger partial charge in [-0.2, -0.15) is 0 Å². The molecule has 0 heterocycles. The first-order valence-corrected chi connectivity index (χ1v) is 17.5. The number of rotatable bonds is 7. The van der Waals surface area contributed by atoms with E-state index in [0.717, 1.165) is 22.7 Å². The lowest BCUT2D eigenvalue weighted by Crippen LogP contribution is -2.29. The van der Waals surface area contributed by atoms with E-state index in [4.69, 9.17) is 5.73 Å². The van der Waals surface area contributed by atoms with Crippen molar-refractivity contribution in [1.82, 2.24) is 0 Å². The molecule has 0 saturated carbocycles. The van der Waals surface area contributed by atoms with Crippen LogP contribution in [-0.2, 0) is 5.41 Å². The molecule has 242 valence electrons. The lowest BCUT2D eigenvalue weighted by Gasteiger charge is -2.35. The van der Waals surface area contributed by atoms with E-state index in [0.29, 0.717) is 0 Å². The normalized spacial score (nSPS) is 12.5. The monoisotopic (exact) mass is 652 g/mol. The Morgan fingerprint density at radius 3 is 1.18 bits per heavy atom. The third-order valence-electron chi connectivity index (χ3n) is 10.3. The summed E-state index contributed by atoms with van der Waals surface area (Å²) >= 11 is 0. The Morgan fingerprint density at radius 1 is 0.333 bits per heavy atom. The second kappa shape index (κ2) is 12.7. The summed E-state index contributed by atoms with van der Waals surface area (Å²) in [5, 5.41) is 0. The minimum absolute atomic E-state index is 0.557. The molecule has 0 amide bonds. The molecule has 8 aromatic rings. The molecule has 2 heteroatoms. The van der Waals surface area contributed by atoms with Gasteiger partial charge >= 0.3 is 0 Å². The van der Waals surface area contributed by atoms with Crippen molar-refractivity contribution < 1.29 is 0 Å². The molecule has 0 unspecified atom stereocenters. The molecule has 0 aliphatic heterocycles. The van der Waals surface area contributed by atoms with E-state index in [1.807, 2.05) is 6.07 Å². The summed E-state index contributed by atoms with van der Waals surface area (Å²) in [7, 11) is 0. The minimum atomic E-state index is -0.557. The average molecular weight is 653 g/mol. The van der Waals surface area contributed by atoms with Gasteiger partial charge < -0.3 is 10.6 Å². The fourth-order valence-corrected chi connectivity index (χ4v) is 7.95. The number of hydrogen-bond donors (Lipinski definition) is 1. The number of nitrogens with zero attached hydrogens (tertiary/aromatic N) is 1. The molecule has 2 nitrogen and oxygen atoms in total. The number of fused-ring (bicyclic) bond motifs is 3. The van der Waals surface area contributed by atoms with Gasteiger partial charge in [0.1, 0.15) is 0 Å². The Bertz CT molecular complexity index is 2310. The van der Waals surface area contributed by atoms with Crippen LogP contribution in [0.2, 0.25) is 0 Å². The fourth-order valence-electron chi connectivity index (χ4n) is 7.95. The highest BCUT2D eigenvalue weighted by Gasteiger charge is 2.46. The summed E-state index contributed by atoms with van der Waals surface area (Å²) in [6.45, 7) is 0. The van der Waals surface area contributed by atoms with E-state index in [9.17, 15) is 0 Å². The number of nitrogens with two attached hydrogens (primary N) is 1. The van der Waals surface area contributed by atoms with E-state index >= 15 is 0 Å². The molecule has 1 aliphatic rings. The molecular formula is C49H36N2. The number of anilines is 4. The largest absolute Gasteiger partial charge is 0.399 e. The zero-order valence-electron chi connectivity index (χ0n) is 28.2. The Labute approximate surface area is 299 Å². The topological polar surface area (TPSA) is 29.3 Å². The van der Waals surface area contributed by atoms with Gasteiger partial charge in [-0.3, -0.25) is 0 Å². The minimum Gasteiger partial charge on any atom is -0.399 e. The molecule has 0 fully saturated rings. The van der Waals surface area contributed by atoms with E-state index in [1.165, 1.54) is 55.6 Å². The highest BCUT2D eigenvalue weighted by atomic mass is 15.1. The Kier molecular flexibility index (Phi) is 7.56. The Morgan fingerprint density at radius 2 is 0.706 bits per heavy atom. The van der Waals surface area contributed by atoms with Gasteiger partial charge in [0.05, 0.1) is 5.41 Å². The second-order valence-electron chi connectivity index (χ2n) is 13.2. The van der Waals surface area contributed by atoms with Crippen LogP contribution < -0.4 is 10.6 Å². The molecule has 2 N–H and O–H groups in total. The summed E-state index contributed by atoms with van der Waals surface area (Å²) in [6, 6.07) is 74.1. The summed E-state index contributed by atoms with van der Waals surface area (Å²) in [5.41, 5.74) is 22.1. The van der Waals surface area contributed by atoms with Crippen molar-refractivity contribution in [3.05, 3.63) is 229 Å². The molecule has 0 saturated heterocycles. The average Bonchev–Trinajstić information content (AvgIpc) is 3.49. The number of benzene rings is 8. The van der Waals surface area contributed by atoms with Gasteiger partial charge in [0.2, 0.25) is 0 Å². The fraction of sp³-hybridized carbons (Fsp3) is 0.0204. The van der Waals surface area contributed by atoms with Crippen molar-refractivity contribution >= 4 is 22.7 Å². The van der Waals surface area contributed by atoms with Crippen molar-refractivity contribution in [2.45, 2.75) is 5.41 Å². The van der Waals surface area contributed by atoms with Crippen LogP contribution >= 0.6 is 0 Å². The number of hydrogen-bond acceptors (Lipinski definition) is 2. The summed E-state index contributed by atoms with van der Waals surface area (Å²) in [5.74, 6) is 0. The molecule has 0 bridgehead atoms. The molecule has 0 atom stereocenters. The van der Waals surface area contributed by atoms with E-state index in [1.54, 1.807) is 0 Å². The maximum Gasteiger partial charge on any atom is 0.0715 e. The summed E-state index contributed by atoms with van der Waals surface area (Å²) in [6.07, 6.45) is 0. The van der Waals surface area contributed by atoms with Crippen LogP contribution in [0.4, 0.5) is 22.7 Å².